The Morgan fingerprint density at radius 2 is 1.93 bits per heavy atom. The molecule has 0 saturated carbocycles. The average molecular weight is 402 g/mol. The van der Waals surface area contributed by atoms with Crippen molar-refractivity contribution in [3.8, 4) is 0 Å². The minimum Gasteiger partial charge on any atom is -0.385 e. The van der Waals surface area contributed by atoms with Crippen LogP contribution in [0.15, 0.2) is 30.3 Å². The number of nitrogens with zero attached hydrogens (tertiary/aromatic N) is 2. The fraction of sp³-hybridized carbons (Fsp3) is 0.652. The van der Waals surface area contributed by atoms with E-state index in [9.17, 15) is 9.59 Å². The van der Waals surface area contributed by atoms with Crippen LogP contribution in [0.3, 0.4) is 0 Å². The molecule has 0 spiro atoms. The highest BCUT2D eigenvalue weighted by Gasteiger charge is 2.33. The number of benzene rings is 1. The number of piperidine rings is 1. The first-order valence-corrected chi connectivity index (χ1v) is 11.0. The summed E-state index contributed by atoms with van der Waals surface area (Å²) >= 11 is 0. The molecule has 2 fully saturated rings. The second kappa shape index (κ2) is 11.3. The van der Waals surface area contributed by atoms with Crippen LogP contribution in [0.4, 0.5) is 0 Å². The van der Waals surface area contributed by atoms with Gasteiger partial charge in [-0.1, -0.05) is 30.3 Å². The number of carbonyl (C=O) groups is 2. The van der Waals surface area contributed by atoms with Crippen LogP contribution < -0.4 is 5.32 Å². The number of likely N-dealkylation sites (tertiary alicyclic amines) is 1. The van der Waals surface area contributed by atoms with Crippen LogP contribution in [0, 0.1) is 5.92 Å². The van der Waals surface area contributed by atoms with Crippen LogP contribution in [0.5, 0.6) is 0 Å². The molecule has 0 aromatic heterocycles. The summed E-state index contributed by atoms with van der Waals surface area (Å²) in [5.41, 5.74) is 1.26. The van der Waals surface area contributed by atoms with Gasteiger partial charge < -0.3 is 15.0 Å². The lowest BCUT2D eigenvalue weighted by Gasteiger charge is -2.37. The third-order valence-corrected chi connectivity index (χ3v) is 6.27. The maximum atomic E-state index is 12.9. The summed E-state index contributed by atoms with van der Waals surface area (Å²) < 4.78 is 5.14. The summed E-state index contributed by atoms with van der Waals surface area (Å²) in [5, 5.41) is 2.94. The molecule has 0 radical (unpaired) electrons. The van der Waals surface area contributed by atoms with E-state index in [1.54, 1.807) is 7.11 Å². The Balaban J connectivity index is 1.48. The molecule has 2 saturated heterocycles. The minimum absolute atomic E-state index is 0.00730. The van der Waals surface area contributed by atoms with E-state index < -0.39 is 0 Å². The van der Waals surface area contributed by atoms with Gasteiger partial charge >= 0.3 is 0 Å². The number of amides is 2. The zero-order valence-corrected chi connectivity index (χ0v) is 17.6. The van der Waals surface area contributed by atoms with Gasteiger partial charge in [-0.3, -0.25) is 14.5 Å². The molecule has 0 bridgehead atoms. The van der Waals surface area contributed by atoms with E-state index in [0.29, 0.717) is 12.5 Å². The number of methoxy groups -OCH3 is 1. The first kappa shape index (κ1) is 21.8. The predicted octanol–water partition coefficient (Wildman–Crippen LogP) is 2.08. The monoisotopic (exact) mass is 401 g/mol. The Morgan fingerprint density at radius 1 is 1.17 bits per heavy atom. The molecule has 160 valence electrons. The lowest BCUT2D eigenvalue weighted by Crippen LogP contribution is -2.57. The molecule has 1 atom stereocenters. The van der Waals surface area contributed by atoms with Crippen molar-refractivity contribution in [2.45, 2.75) is 44.6 Å². The summed E-state index contributed by atoms with van der Waals surface area (Å²) in [6.07, 6.45) is 5.57. The topological polar surface area (TPSA) is 61.9 Å². The molecule has 2 aliphatic rings. The zero-order valence-electron chi connectivity index (χ0n) is 17.6. The molecule has 1 aromatic rings. The summed E-state index contributed by atoms with van der Waals surface area (Å²) in [6.45, 7) is 4.71. The van der Waals surface area contributed by atoms with Gasteiger partial charge in [-0.2, -0.15) is 0 Å². The molecule has 1 aromatic carbocycles. The number of rotatable bonds is 9. The number of carbonyl (C=O) groups excluding carboxylic acids is 2. The van der Waals surface area contributed by atoms with E-state index in [0.717, 1.165) is 58.5 Å². The maximum absolute atomic E-state index is 12.9. The molecular formula is C23H35N3O3. The minimum atomic E-state index is -0.348. The van der Waals surface area contributed by atoms with Crippen LogP contribution in [0.2, 0.25) is 0 Å². The number of piperazine rings is 1. The second-order valence-corrected chi connectivity index (χ2v) is 8.24. The van der Waals surface area contributed by atoms with Crippen LogP contribution in [-0.4, -0.2) is 74.1 Å². The Bertz CT molecular complexity index is 644. The molecule has 29 heavy (non-hydrogen) atoms. The highest BCUT2D eigenvalue weighted by atomic mass is 16.5. The van der Waals surface area contributed by atoms with Gasteiger partial charge in [0.25, 0.3) is 0 Å². The summed E-state index contributed by atoms with van der Waals surface area (Å²) in [5.74, 6) is 0.800. The lowest BCUT2D eigenvalue weighted by atomic mass is 9.92. The number of hydrogen-bond acceptors (Lipinski definition) is 4. The van der Waals surface area contributed by atoms with E-state index in [1.807, 2.05) is 23.1 Å². The lowest BCUT2D eigenvalue weighted by molar-refractivity contribution is -0.139. The summed E-state index contributed by atoms with van der Waals surface area (Å²) in [4.78, 5) is 29.5. The van der Waals surface area contributed by atoms with Crippen molar-refractivity contribution in [1.82, 2.24) is 15.1 Å². The first-order chi connectivity index (χ1) is 14.2. The van der Waals surface area contributed by atoms with Crippen molar-refractivity contribution in [3.63, 3.8) is 0 Å². The van der Waals surface area contributed by atoms with Gasteiger partial charge in [-0.05, 0) is 43.6 Å². The molecule has 2 amide bonds. The van der Waals surface area contributed by atoms with Crippen LogP contribution in [-0.2, 0) is 20.7 Å². The van der Waals surface area contributed by atoms with Crippen LogP contribution in [0.25, 0.3) is 0 Å². The largest absolute Gasteiger partial charge is 0.385 e. The van der Waals surface area contributed by atoms with E-state index in [4.69, 9.17) is 4.74 Å². The van der Waals surface area contributed by atoms with Crippen molar-refractivity contribution in [2.24, 2.45) is 5.92 Å². The zero-order chi connectivity index (χ0) is 20.5. The van der Waals surface area contributed by atoms with Crippen molar-refractivity contribution in [1.29, 1.82) is 0 Å². The van der Waals surface area contributed by atoms with Gasteiger partial charge in [-0.25, -0.2) is 0 Å². The van der Waals surface area contributed by atoms with Crippen LogP contribution in [0.1, 0.15) is 37.7 Å². The fourth-order valence-corrected chi connectivity index (χ4v) is 4.45. The van der Waals surface area contributed by atoms with E-state index in [2.05, 4.69) is 22.3 Å². The Kier molecular flexibility index (Phi) is 8.50. The van der Waals surface area contributed by atoms with Gasteiger partial charge in [0.05, 0.1) is 12.5 Å². The van der Waals surface area contributed by atoms with Gasteiger partial charge in [0.1, 0.15) is 0 Å². The molecule has 0 aliphatic carbocycles. The maximum Gasteiger partial charge on any atom is 0.237 e. The molecular weight excluding hydrogens is 366 g/mol. The van der Waals surface area contributed by atoms with E-state index in [1.165, 1.54) is 12.0 Å². The van der Waals surface area contributed by atoms with Crippen LogP contribution >= 0.6 is 0 Å². The average Bonchev–Trinajstić information content (AvgIpc) is 2.75. The highest BCUT2D eigenvalue weighted by Crippen LogP contribution is 2.23. The molecule has 6 nitrogen and oxygen atoms in total. The van der Waals surface area contributed by atoms with Crippen molar-refractivity contribution in [2.75, 3.05) is 46.4 Å². The third kappa shape index (κ3) is 6.54. The van der Waals surface area contributed by atoms with Gasteiger partial charge in [-0.15, -0.1) is 0 Å². The molecule has 1 unspecified atom stereocenters. The smallest absolute Gasteiger partial charge is 0.237 e. The highest BCUT2D eigenvalue weighted by molar-refractivity contribution is 5.88. The van der Waals surface area contributed by atoms with E-state index in [-0.39, 0.29) is 24.3 Å². The first-order valence-electron chi connectivity index (χ1n) is 11.0. The summed E-state index contributed by atoms with van der Waals surface area (Å²) in [6, 6.07) is 9.97. The Morgan fingerprint density at radius 3 is 2.66 bits per heavy atom. The Labute approximate surface area is 174 Å². The third-order valence-electron chi connectivity index (χ3n) is 6.27. The molecule has 3 rings (SSSR count). The Hall–Kier alpha value is -1.92. The van der Waals surface area contributed by atoms with Crippen molar-refractivity contribution >= 4 is 11.8 Å². The van der Waals surface area contributed by atoms with Crippen molar-refractivity contribution in [3.05, 3.63) is 35.9 Å². The number of hydrogen-bond donors (Lipinski definition) is 1. The normalized spacial score (nSPS) is 21.2. The SMILES string of the molecule is COCCCC1CCN(C(=O)CC2C(=O)NCCN2CCc2ccccc2)CC1. The molecule has 1 N–H and O–H groups in total. The molecule has 2 heterocycles. The second-order valence-electron chi connectivity index (χ2n) is 8.24. The van der Waals surface area contributed by atoms with Crippen molar-refractivity contribution < 1.29 is 14.3 Å². The molecule has 6 heteroatoms. The number of ether oxygens (including phenoxy) is 1. The summed E-state index contributed by atoms with van der Waals surface area (Å²) in [7, 11) is 1.74. The molecule has 2 aliphatic heterocycles. The standard InChI is InChI=1S/C23H35N3O3/c1-29-17-5-8-20-10-14-26(15-11-20)22(27)18-21-23(28)24-12-16-25(21)13-9-19-6-3-2-4-7-19/h2-4,6-7,20-21H,5,8-18H2,1H3,(H,24,28). The number of nitrogens with one attached hydrogen (secondary N) is 1. The predicted molar refractivity (Wildman–Crippen MR) is 114 cm³/mol. The van der Waals surface area contributed by atoms with Gasteiger partial charge in [0.15, 0.2) is 0 Å². The van der Waals surface area contributed by atoms with Gasteiger partial charge in [0, 0.05) is 46.4 Å². The quantitative estimate of drug-likeness (QED) is 0.644. The van der Waals surface area contributed by atoms with E-state index >= 15 is 0 Å². The van der Waals surface area contributed by atoms with Gasteiger partial charge in [0.2, 0.25) is 11.8 Å². The fourth-order valence-electron chi connectivity index (χ4n) is 4.45.